The van der Waals surface area contributed by atoms with E-state index in [1.807, 2.05) is 0 Å². The van der Waals surface area contributed by atoms with Gasteiger partial charge in [-0.3, -0.25) is 4.79 Å². The molecule has 0 bridgehead atoms. The minimum atomic E-state index is -3.73. The number of thiazole rings is 1. The van der Waals surface area contributed by atoms with E-state index >= 15 is 0 Å². The Kier molecular flexibility index (Phi) is 7.22. The number of hydrogen-bond donors (Lipinski definition) is 0. The molecule has 0 radical (unpaired) electrons. The second-order valence-electron chi connectivity index (χ2n) is 7.95. The summed E-state index contributed by atoms with van der Waals surface area (Å²) in [7, 11) is -1.93. The first-order valence-electron chi connectivity index (χ1n) is 10.8. The zero-order chi connectivity index (χ0) is 24.5. The van der Waals surface area contributed by atoms with Crippen molar-refractivity contribution in [2.24, 2.45) is 18.0 Å². The van der Waals surface area contributed by atoms with E-state index in [1.54, 1.807) is 36.7 Å². The Morgan fingerprint density at radius 1 is 1.21 bits per heavy atom. The van der Waals surface area contributed by atoms with Crippen molar-refractivity contribution in [3.05, 3.63) is 57.9 Å². The van der Waals surface area contributed by atoms with Gasteiger partial charge in [0, 0.05) is 25.2 Å². The number of esters is 1. The second kappa shape index (κ2) is 9.99. The number of sulfonamides is 1. The van der Waals surface area contributed by atoms with Crippen molar-refractivity contribution in [1.82, 2.24) is 8.87 Å². The molecule has 0 aliphatic carbocycles. The normalized spacial score (nSPS) is 17.7. The monoisotopic (exact) mass is 521 g/mol. The van der Waals surface area contributed by atoms with Gasteiger partial charge in [0.25, 0.3) is 5.91 Å². The summed E-state index contributed by atoms with van der Waals surface area (Å²) in [6, 6.07) is 11.2. The average molecular weight is 522 g/mol. The highest BCUT2D eigenvalue weighted by atomic mass is 35.5. The topological polar surface area (TPSA) is 98.0 Å². The molecular weight excluding hydrogens is 498 g/mol. The number of ether oxygens (including phenoxy) is 1. The molecule has 2 heterocycles. The molecular formula is C23H24ClN3O5S2. The summed E-state index contributed by atoms with van der Waals surface area (Å²) in [5, 5.41) is 0.454. The third-order valence-corrected chi connectivity index (χ3v) is 8.94. The predicted molar refractivity (Wildman–Crippen MR) is 130 cm³/mol. The quantitative estimate of drug-likeness (QED) is 0.478. The van der Waals surface area contributed by atoms with E-state index in [-0.39, 0.29) is 24.0 Å². The van der Waals surface area contributed by atoms with E-state index in [0.717, 1.165) is 10.2 Å². The van der Waals surface area contributed by atoms with Crippen LogP contribution in [-0.2, 0) is 26.6 Å². The van der Waals surface area contributed by atoms with E-state index in [9.17, 15) is 18.0 Å². The van der Waals surface area contributed by atoms with Crippen molar-refractivity contribution in [3.63, 3.8) is 0 Å². The number of rotatable bonds is 5. The lowest BCUT2D eigenvalue weighted by molar-refractivity contribution is -0.122. The molecule has 1 aliphatic rings. The van der Waals surface area contributed by atoms with Crippen LogP contribution in [0.4, 0.5) is 0 Å². The number of aromatic nitrogens is 1. The van der Waals surface area contributed by atoms with Gasteiger partial charge in [-0.25, -0.2) is 13.2 Å². The molecule has 2 aromatic carbocycles. The van der Waals surface area contributed by atoms with Crippen molar-refractivity contribution in [3.8, 4) is 0 Å². The number of amides is 1. The molecule has 1 saturated heterocycles. The standard InChI is InChI=1S/C23H24ClN3O5S2/c1-3-32-22(29)15-6-11-19-20(13-15)33-23(26(19)2)25-21(28)16-5-4-12-27(14-16)34(30,31)18-9-7-17(24)8-10-18/h6-11,13,16H,3-5,12,14H2,1-2H3. The highest BCUT2D eigenvalue weighted by Crippen LogP contribution is 2.26. The Labute approximate surface area is 206 Å². The molecule has 3 aromatic rings. The number of carbonyl (C=O) groups is 2. The Bertz CT molecular complexity index is 1410. The van der Waals surface area contributed by atoms with E-state index in [0.29, 0.717) is 34.8 Å². The van der Waals surface area contributed by atoms with Crippen LogP contribution in [0, 0.1) is 5.92 Å². The van der Waals surface area contributed by atoms with Crippen molar-refractivity contribution in [1.29, 1.82) is 0 Å². The number of halogens is 1. The molecule has 0 N–H and O–H groups in total. The van der Waals surface area contributed by atoms with Crippen LogP contribution in [0.25, 0.3) is 10.2 Å². The minimum absolute atomic E-state index is 0.0783. The van der Waals surface area contributed by atoms with Crippen molar-refractivity contribution in [2.45, 2.75) is 24.7 Å². The summed E-state index contributed by atoms with van der Waals surface area (Å²) in [6.07, 6.45) is 1.14. The molecule has 180 valence electrons. The van der Waals surface area contributed by atoms with E-state index in [1.165, 1.54) is 39.9 Å². The van der Waals surface area contributed by atoms with Crippen molar-refractivity contribution >= 4 is 55.1 Å². The van der Waals surface area contributed by atoms with Gasteiger partial charge in [-0.1, -0.05) is 22.9 Å². The van der Waals surface area contributed by atoms with Crippen molar-refractivity contribution in [2.75, 3.05) is 19.7 Å². The predicted octanol–water partition coefficient (Wildman–Crippen LogP) is 3.60. The molecule has 11 heteroatoms. The first-order valence-corrected chi connectivity index (χ1v) is 13.4. The summed E-state index contributed by atoms with van der Waals surface area (Å²) in [5.41, 5.74) is 1.27. The molecule has 1 aliphatic heterocycles. The molecule has 1 atom stereocenters. The zero-order valence-electron chi connectivity index (χ0n) is 18.7. The molecule has 4 rings (SSSR count). The SMILES string of the molecule is CCOC(=O)c1ccc2c(c1)sc(=NC(=O)C1CCCN(S(=O)(=O)c3ccc(Cl)cc3)C1)n2C. The maximum atomic E-state index is 13.0. The molecule has 1 amide bonds. The van der Waals surface area contributed by atoms with Gasteiger partial charge in [0.1, 0.15) is 0 Å². The van der Waals surface area contributed by atoms with Crippen LogP contribution in [0.1, 0.15) is 30.1 Å². The Morgan fingerprint density at radius 2 is 1.94 bits per heavy atom. The van der Waals surface area contributed by atoms with Crippen LogP contribution >= 0.6 is 22.9 Å². The fourth-order valence-electron chi connectivity index (χ4n) is 3.89. The molecule has 8 nitrogen and oxygen atoms in total. The average Bonchev–Trinajstić information content (AvgIpc) is 3.14. The summed E-state index contributed by atoms with van der Waals surface area (Å²) < 4.78 is 35.0. The van der Waals surface area contributed by atoms with Crippen LogP contribution in [-0.4, -0.2) is 48.9 Å². The fourth-order valence-corrected chi connectivity index (χ4v) is 6.60. The highest BCUT2D eigenvalue weighted by Gasteiger charge is 2.33. The fraction of sp³-hybridized carbons (Fsp3) is 0.348. The number of aryl methyl sites for hydroxylation is 1. The van der Waals surface area contributed by atoms with E-state index < -0.39 is 21.9 Å². The first-order chi connectivity index (χ1) is 16.2. The summed E-state index contributed by atoms with van der Waals surface area (Å²) in [5.74, 6) is -1.29. The number of fused-ring (bicyclic) bond motifs is 1. The van der Waals surface area contributed by atoms with Crippen LogP contribution in [0.15, 0.2) is 52.4 Å². The Morgan fingerprint density at radius 3 is 2.65 bits per heavy atom. The molecule has 0 saturated carbocycles. The third-order valence-electron chi connectivity index (χ3n) is 5.71. The molecule has 1 unspecified atom stereocenters. The lowest BCUT2D eigenvalue weighted by atomic mass is 9.99. The summed E-state index contributed by atoms with van der Waals surface area (Å²) >= 11 is 7.17. The van der Waals surface area contributed by atoms with E-state index in [4.69, 9.17) is 16.3 Å². The molecule has 1 aromatic heterocycles. The van der Waals surface area contributed by atoms with Gasteiger partial charge in [0.2, 0.25) is 10.0 Å². The van der Waals surface area contributed by atoms with E-state index in [2.05, 4.69) is 4.99 Å². The van der Waals surface area contributed by atoms with Gasteiger partial charge in [0.15, 0.2) is 4.80 Å². The second-order valence-corrected chi connectivity index (χ2v) is 11.3. The van der Waals surface area contributed by atoms with Crippen LogP contribution < -0.4 is 4.80 Å². The minimum Gasteiger partial charge on any atom is -0.462 e. The first kappa shape index (κ1) is 24.6. The van der Waals surface area contributed by atoms with Gasteiger partial charge in [-0.15, -0.1) is 0 Å². The van der Waals surface area contributed by atoms with Gasteiger partial charge < -0.3 is 9.30 Å². The maximum Gasteiger partial charge on any atom is 0.338 e. The molecule has 0 spiro atoms. The maximum absolute atomic E-state index is 13.0. The lowest BCUT2D eigenvalue weighted by Gasteiger charge is -2.30. The number of carbonyl (C=O) groups excluding carboxylic acids is 2. The van der Waals surface area contributed by atoms with Gasteiger partial charge >= 0.3 is 5.97 Å². The van der Waals surface area contributed by atoms with Gasteiger partial charge in [-0.05, 0) is 62.2 Å². The van der Waals surface area contributed by atoms with Crippen molar-refractivity contribution < 1.29 is 22.7 Å². The molecule has 1 fully saturated rings. The Balaban J connectivity index is 1.58. The molecule has 34 heavy (non-hydrogen) atoms. The number of hydrogen-bond acceptors (Lipinski definition) is 6. The Hall–Kier alpha value is -2.53. The smallest absolute Gasteiger partial charge is 0.338 e. The zero-order valence-corrected chi connectivity index (χ0v) is 21.1. The van der Waals surface area contributed by atoms with Crippen LogP contribution in [0.2, 0.25) is 5.02 Å². The van der Waals surface area contributed by atoms with Gasteiger partial charge in [-0.2, -0.15) is 9.30 Å². The number of nitrogens with zero attached hydrogens (tertiary/aromatic N) is 3. The summed E-state index contributed by atoms with van der Waals surface area (Å²) in [4.78, 5) is 30.0. The van der Waals surface area contributed by atoms with Crippen LogP contribution in [0.5, 0.6) is 0 Å². The lowest BCUT2D eigenvalue weighted by Crippen LogP contribution is -2.42. The number of piperidine rings is 1. The highest BCUT2D eigenvalue weighted by molar-refractivity contribution is 7.89. The number of benzene rings is 2. The summed E-state index contributed by atoms with van der Waals surface area (Å²) in [6.45, 7) is 2.46. The third kappa shape index (κ3) is 4.95. The van der Waals surface area contributed by atoms with Crippen LogP contribution in [0.3, 0.4) is 0 Å². The largest absolute Gasteiger partial charge is 0.462 e. The van der Waals surface area contributed by atoms with Gasteiger partial charge in [0.05, 0.1) is 33.2 Å².